The van der Waals surface area contributed by atoms with Gasteiger partial charge in [-0.3, -0.25) is 0 Å². The molecule has 1 heteroatoms. The van der Waals surface area contributed by atoms with Crippen LogP contribution in [0.25, 0.3) is 0 Å². The van der Waals surface area contributed by atoms with Gasteiger partial charge in [0.1, 0.15) is 0 Å². The summed E-state index contributed by atoms with van der Waals surface area (Å²) in [7, 11) is 0. The molecule has 0 saturated carbocycles. The first-order valence-corrected chi connectivity index (χ1v) is 5.73. The average molecular weight is 190 g/mol. The van der Waals surface area contributed by atoms with Gasteiger partial charge >= 0.3 is 0 Å². The first-order chi connectivity index (χ1) is 6.40. The molecule has 0 spiro atoms. The van der Waals surface area contributed by atoms with E-state index in [1.165, 1.54) is 17.5 Å². The van der Waals surface area contributed by atoms with Crippen LogP contribution in [0.2, 0.25) is 0 Å². The molecule has 13 heavy (non-hydrogen) atoms. The zero-order chi connectivity index (χ0) is 9.10. The van der Waals surface area contributed by atoms with E-state index in [9.17, 15) is 0 Å². The molecule has 0 saturated heterocycles. The maximum absolute atomic E-state index is 2.27. The van der Waals surface area contributed by atoms with Crippen molar-refractivity contribution in [2.45, 2.75) is 25.0 Å². The van der Waals surface area contributed by atoms with Crippen LogP contribution in [0.1, 0.15) is 29.7 Å². The monoisotopic (exact) mass is 190 g/mol. The van der Waals surface area contributed by atoms with Crippen molar-refractivity contribution in [2.75, 3.05) is 0 Å². The summed E-state index contributed by atoms with van der Waals surface area (Å²) in [5.41, 5.74) is 2.90. The molecule has 1 atom stereocenters. The fourth-order valence-corrected chi connectivity index (χ4v) is 2.52. The third kappa shape index (κ3) is 1.97. The molecule has 0 radical (unpaired) electrons. The van der Waals surface area contributed by atoms with Crippen molar-refractivity contribution in [1.29, 1.82) is 0 Å². The molecule has 1 aliphatic heterocycles. The van der Waals surface area contributed by atoms with Crippen LogP contribution in [-0.4, -0.2) is 0 Å². The minimum absolute atomic E-state index is 0.672. The van der Waals surface area contributed by atoms with Crippen LogP contribution in [0.3, 0.4) is 0 Å². The number of hydrogen-bond acceptors (Lipinski definition) is 1. The van der Waals surface area contributed by atoms with Gasteiger partial charge in [-0.2, -0.15) is 0 Å². The van der Waals surface area contributed by atoms with Gasteiger partial charge < -0.3 is 0 Å². The normalized spacial score (nSPS) is 20.8. The molecule has 0 aliphatic carbocycles. The zero-order valence-corrected chi connectivity index (χ0v) is 8.68. The lowest BCUT2D eigenvalue weighted by molar-refractivity contribution is 0.985. The molecule has 1 aromatic carbocycles. The lowest BCUT2D eigenvalue weighted by Crippen LogP contribution is -1.89. The predicted octanol–water partition coefficient (Wildman–Crippen LogP) is 3.94. The summed E-state index contributed by atoms with van der Waals surface area (Å²) in [6.07, 6.45) is 4.58. The van der Waals surface area contributed by atoms with E-state index >= 15 is 0 Å². The summed E-state index contributed by atoms with van der Waals surface area (Å²) < 4.78 is 0. The standard InChI is InChI=1S/C12H14S/c1-2-10-5-7-11(8-6-10)12-4-3-9-13-12/h3,5-9,12H,2,4H2,1H3. The Hall–Kier alpha value is -0.690. The number of thioether (sulfide) groups is 1. The van der Waals surface area contributed by atoms with Crippen molar-refractivity contribution in [2.24, 2.45) is 0 Å². The summed E-state index contributed by atoms with van der Waals surface area (Å²) in [6, 6.07) is 9.02. The quantitative estimate of drug-likeness (QED) is 0.680. The summed E-state index contributed by atoms with van der Waals surface area (Å²) >= 11 is 1.93. The van der Waals surface area contributed by atoms with Crippen LogP contribution in [-0.2, 0) is 6.42 Å². The molecule has 1 heterocycles. The number of hydrogen-bond donors (Lipinski definition) is 0. The van der Waals surface area contributed by atoms with Crippen molar-refractivity contribution in [3.63, 3.8) is 0 Å². The van der Waals surface area contributed by atoms with Crippen molar-refractivity contribution in [3.05, 3.63) is 46.9 Å². The molecule has 1 aromatic rings. The van der Waals surface area contributed by atoms with Crippen molar-refractivity contribution < 1.29 is 0 Å². The Morgan fingerprint density at radius 1 is 1.31 bits per heavy atom. The number of benzene rings is 1. The molecule has 1 aliphatic rings. The zero-order valence-electron chi connectivity index (χ0n) is 7.86. The van der Waals surface area contributed by atoms with Gasteiger partial charge in [-0.25, -0.2) is 0 Å². The van der Waals surface area contributed by atoms with E-state index in [4.69, 9.17) is 0 Å². The Balaban J connectivity index is 2.13. The lowest BCUT2D eigenvalue weighted by Gasteiger charge is -2.08. The highest BCUT2D eigenvalue weighted by Gasteiger charge is 2.12. The molecule has 68 valence electrons. The van der Waals surface area contributed by atoms with Gasteiger partial charge in [0, 0.05) is 5.25 Å². The topological polar surface area (TPSA) is 0 Å². The summed E-state index contributed by atoms with van der Waals surface area (Å²) in [4.78, 5) is 0. The van der Waals surface area contributed by atoms with Crippen LogP contribution in [0, 0.1) is 0 Å². The van der Waals surface area contributed by atoms with E-state index in [0.717, 1.165) is 6.42 Å². The summed E-state index contributed by atoms with van der Waals surface area (Å²) in [5.74, 6) is 0. The van der Waals surface area contributed by atoms with Gasteiger partial charge in [0.25, 0.3) is 0 Å². The molecule has 2 rings (SSSR count). The minimum atomic E-state index is 0.672. The molecule has 0 fully saturated rings. The summed E-state index contributed by atoms with van der Waals surface area (Å²) in [6.45, 7) is 2.20. The Kier molecular flexibility index (Phi) is 2.74. The van der Waals surface area contributed by atoms with Gasteiger partial charge in [0.05, 0.1) is 0 Å². The van der Waals surface area contributed by atoms with E-state index < -0.39 is 0 Å². The van der Waals surface area contributed by atoms with Crippen molar-refractivity contribution in [1.82, 2.24) is 0 Å². The number of allylic oxidation sites excluding steroid dienone is 1. The molecule has 1 unspecified atom stereocenters. The van der Waals surface area contributed by atoms with Crippen molar-refractivity contribution >= 4 is 11.8 Å². The molecule has 0 N–H and O–H groups in total. The van der Waals surface area contributed by atoms with Gasteiger partial charge in [0.2, 0.25) is 0 Å². The number of rotatable bonds is 2. The van der Waals surface area contributed by atoms with Crippen LogP contribution in [0.5, 0.6) is 0 Å². The van der Waals surface area contributed by atoms with Crippen LogP contribution in [0.15, 0.2) is 35.7 Å². The second-order valence-electron chi connectivity index (χ2n) is 3.33. The van der Waals surface area contributed by atoms with E-state index in [-0.39, 0.29) is 0 Å². The highest BCUT2D eigenvalue weighted by molar-refractivity contribution is 8.02. The Bertz CT molecular complexity index is 289. The maximum Gasteiger partial charge on any atom is 0.0373 e. The van der Waals surface area contributed by atoms with Gasteiger partial charge in [-0.1, -0.05) is 37.3 Å². The second-order valence-corrected chi connectivity index (χ2v) is 4.44. The Morgan fingerprint density at radius 3 is 2.62 bits per heavy atom. The van der Waals surface area contributed by atoms with E-state index in [1.54, 1.807) is 0 Å². The predicted molar refractivity (Wildman–Crippen MR) is 59.9 cm³/mol. The first-order valence-electron chi connectivity index (χ1n) is 4.79. The highest BCUT2D eigenvalue weighted by Crippen LogP contribution is 2.38. The molecule has 0 amide bonds. The second kappa shape index (κ2) is 4.01. The lowest BCUT2D eigenvalue weighted by atomic mass is 10.1. The molecular weight excluding hydrogens is 176 g/mol. The van der Waals surface area contributed by atoms with E-state index in [1.807, 2.05) is 11.8 Å². The van der Waals surface area contributed by atoms with Crippen LogP contribution in [0.4, 0.5) is 0 Å². The molecule has 0 bridgehead atoms. The minimum Gasteiger partial charge on any atom is -0.126 e. The largest absolute Gasteiger partial charge is 0.126 e. The van der Waals surface area contributed by atoms with Crippen molar-refractivity contribution in [3.8, 4) is 0 Å². The van der Waals surface area contributed by atoms with Gasteiger partial charge in [0.15, 0.2) is 0 Å². The molecule has 0 nitrogen and oxygen atoms in total. The summed E-state index contributed by atoms with van der Waals surface area (Å²) in [5, 5.41) is 2.88. The van der Waals surface area contributed by atoms with E-state index in [0.29, 0.717) is 5.25 Å². The first kappa shape index (κ1) is 8.89. The smallest absolute Gasteiger partial charge is 0.0373 e. The Labute approximate surface area is 84.0 Å². The molecule has 0 aromatic heterocycles. The van der Waals surface area contributed by atoms with Gasteiger partial charge in [-0.15, -0.1) is 11.8 Å². The third-order valence-electron chi connectivity index (χ3n) is 2.45. The fourth-order valence-electron chi connectivity index (χ4n) is 1.57. The van der Waals surface area contributed by atoms with Gasteiger partial charge in [-0.05, 0) is 29.4 Å². The van der Waals surface area contributed by atoms with Crippen LogP contribution < -0.4 is 0 Å². The SMILES string of the molecule is CCc1ccc(C2CC=CS2)cc1. The van der Waals surface area contributed by atoms with Crippen LogP contribution >= 0.6 is 11.8 Å². The fraction of sp³-hybridized carbons (Fsp3) is 0.333. The average Bonchev–Trinajstić information content (AvgIpc) is 2.71. The maximum atomic E-state index is 2.27. The van der Waals surface area contributed by atoms with E-state index in [2.05, 4.69) is 42.7 Å². The number of aryl methyl sites for hydroxylation is 1. The highest BCUT2D eigenvalue weighted by atomic mass is 32.2. The Morgan fingerprint density at radius 2 is 2.08 bits per heavy atom. The third-order valence-corrected chi connectivity index (χ3v) is 3.59. The molecular formula is C12H14S.